The number of aromatic amines is 1. The number of aromatic nitrogens is 5. The largest absolute Gasteiger partial charge is 0.365 e. The molecular formula is C19H17F2N7O. The van der Waals surface area contributed by atoms with Gasteiger partial charge in [0.15, 0.2) is 0 Å². The van der Waals surface area contributed by atoms with Gasteiger partial charge in [0.2, 0.25) is 0 Å². The van der Waals surface area contributed by atoms with Gasteiger partial charge < -0.3 is 11.1 Å². The summed E-state index contributed by atoms with van der Waals surface area (Å²) in [6.07, 6.45) is 2.91. The molecule has 3 aromatic heterocycles. The number of aryl methyl sites for hydroxylation is 1. The molecule has 0 saturated carbocycles. The van der Waals surface area contributed by atoms with Crippen LogP contribution in [-0.4, -0.2) is 37.9 Å². The molecule has 8 nitrogen and oxygen atoms in total. The van der Waals surface area contributed by atoms with E-state index in [4.69, 9.17) is 5.73 Å². The van der Waals surface area contributed by atoms with E-state index in [1.165, 1.54) is 35.3 Å². The molecule has 0 aliphatic rings. The Morgan fingerprint density at radius 3 is 2.62 bits per heavy atom. The summed E-state index contributed by atoms with van der Waals surface area (Å²) in [5.41, 5.74) is 7.10. The van der Waals surface area contributed by atoms with Crippen molar-refractivity contribution in [1.29, 1.82) is 0 Å². The average molecular weight is 397 g/mol. The molecule has 4 N–H and O–H groups in total. The number of H-pyrrole nitrogens is 1. The van der Waals surface area contributed by atoms with Gasteiger partial charge in [-0.15, -0.1) is 0 Å². The molecule has 0 bridgehead atoms. The van der Waals surface area contributed by atoms with Gasteiger partial charge in [0.25, 0.3) is 5.91 Å². The molecule has 0 aliphatic heterocycles. The zero-order chi connectivity index (χ0) is 20.7. The van der Waals surface area contributed by atoms with Gasteiger partial charge in [-0.05, 0) is 30.8 Å². The lowest BCUT2D eigenvalue weighted by Gasteiger charge is -2.08. The van der Waals surface area contributed by atoms with Crippen LogP contribution in [0.2, 0.25) is 0 Å². The number of amides is 1. The number of hydrogen-bond acceptors (Lipinski definition) is 5. The Bertz CT molecular complexity index is 1220. The Morgan fingerprint density at radius 1 is 1.24 bits per heavy atom. The first kappa shape index (κ1) is 18.7. The first-order valence-electron chi connectivity index (χ1n) is 8.70. The third-order valence-corrected chi connectivity index (χ3v) is 4.50. The Morgan fingerprint density at radius 2 is 1.97 bits per heavy atom. The smallest absolute Gasteiger partial charge is 0.252 e. The van der Waals surface area contributed by atoms with Crippen molar-refractivity contribution in [2.75, 3.05) is 7.05 Å². The van der Waals surface area contributed by atoms with Crippen LogP contribution < -0.4 is 11.1 Å². The van der Waals surface area contributed by atoms with Gasteiger partial charge in [-0.1, -0.05) is 0 Å². The zero-order valence-corrected chi connectivity index (χ0v) is 15.6. The monoisotopic (exact) mass is 397 g/mol. The summed E-state index contributed by atoms with van der Waals surface area (Å²) < 4.78 is 30.7. The third-order valence-electron chi connectivity index (χ3n) is 4.50. The van der Waals surface area contributed by atoms with Crippen molar-refractivity contribution >= 4 is 16.8 Å². The van der Waals surface area contributed by atoms with Crippen LogP contribution >= 0.6 is 0 Å². The normalized spacial score (nSPS) is 11.3. The highest BCUT2D eigenvalue weighted by atomic mass is 19.1. The lowest BCUT2D eigenvalue weighted by molar-refractivity contribution is 0.100. The molecular weight excluding hydrogens is 380 g/mol. The van der Waals surface area contributed by atoms with Gasteiger partial charge >= 0.3 is 0 Å². The summed E-state index contributed by atoms with van der Waals surface area (Å²) >= 11 is 0. The Labute approximate surface area is 163 Å². The number of benzene rings is 1. The van der Waals surface area contributed by atoms with Crippen molar-refractivity contribution in [3.63, 3.8) is 0 Å². The third kappa shape index (κ3) is 3.23. The van der Waals surface area contributed by atoms with Crippen molar-refractivity contribution in [2.24, 2.45) is 12.8 Å². The van der Waals surface area contributed by atoms with Crippen LogP contribution in [0, 0.1) is 11.6 Å². The lowest BCUT2D eigenvalue weighted by atomic mass is 10.0. The zero-order valence-electron chi connectivity index (χ0n) is 15.6. The number of rotatable bonds is 5. The Kier molecular flexibility index (Phi) is 4.55. The summed E-state index contributed by atoms with van der Waals surface area (Å²) in [4.78, 5) is 15.9. The van der Waals surface area contributed by atoms with Crippen molar-refractivity contribution in [2.45, 2.75) is 6.54 Å². The average Bonchev–Trinajstić information content (AvgIpc) is 3.24. The first-order valence-corrected chi connectivity index (χ1v) is 8.70. The van der Waals surface area contributed by atoms with Gasteiger partial charge in [-0.3, -0.25) is 19.6 Å². The lowest BCUT2D eigenvalue weighted by Crippen LogP contribution is -2.11. The van der Waals surface area contributed by atoms with Crippen LogP contribution in [0.3, 0.4) is 0 Å². The SMILES string of the molecule is CNCc1cc(F)c(-c2cc3c(-c4nn(C)cc4C(N)=O)n[nH]c3cn2)c(F)c1. The summed E-state index contributed by atoms with van der Waals surface area (Å²) in [7, 11) is 3.34. The van der Waals surface area contributed by atoms with Crippen molar-refractivity contribution < 1.29 is 13.6 Å². The molecule has 0 atom stereocenters. The minimum absolute atomic E-state index is 0.0997. The number of hydrogen-bond donors (Lipinski definition) is 3. The van der Waals surface area contributed by atoms with Crippen LogP contribution in [0.1, 0.15) is 15.9 Å². The highest BCUT2D eigenvalue weighted by molar-refractivity contribution is 6.03. The summed E-state index contributed by atoms with van der Waals surface area (Å²) in [5, 5.41) is 14.6. The minimum Gasteiger partial charge on any atom is -0.365 e. The van der Waals surface area contributed by atoms with Crippen LogP contribution in [0.5, 0.6) is 0 Å². The van der Waals surface area contributed by atoms with Crippen LogP contribution in [0.15, 0.2) is 30.6 Å². The maximum absolute atomic E-state index is 14.6. The fourth-order valence-electron chi connectivity index (χ4n) is 3.25. The maximum atomic E-state index is 14.6. The van der Waals surface area contributed by atoms with Crippen molar-refractivity contribution in [3.8, 4) is 22.6 Å². The highest BCUT2D eigenvalue weighted by Crippen LogP contribution is 2.32. The van der Waals surface area contributed by atoms with Crippen molar-refractivity contribution in [1.82, 2.24) is 30.3 Å². The molecule has 29 heavy (non-hydrogen) atoms. The number of nitrogens with zero attached hydrogens (tertiary/aromatic N) is 4. The van der Waals surface area contributed by atoms with Gasteiger partial charge in [-0.25, -0.2) is 8.78 Å². The molecule has 148 valence electrons. The Hall–Kier alpha value is -3.66. The highest BCUT2D eigenvalue weighted by Gasteiger charge is 2.21. The summed E-state index contributed by atoms with van der Waals surface area (Å²) in [6, 6.07) is 4.04. The van der Waals surface area contributed by atoms with E-state index < -0.39 is 17.5 Å². The molecule has 0 spiro atoms. The fraction of sp³-hybridized carbons (Fsp3) is 0.158. The number of primary amides is 1. The standard InChI is InChI=1S/C19H17F2N7O/c1-23-6-9-3-12(20)16(13(21)4-9)14-5-10-15(7-24-14)25-26-17(10)18-11(19(22)29)8-28(2)27-18/h3-5,7-8,23H,6H2,1-2H3,(H2,22,29)(H,25,26). The molecule has 1 amide bonds. The molecule has 0 radical (unpaired) electrons. The Balaban J connectivity index is 1.89. The predicted molar refractivity (Wildman–Crippen MR) is 103 cm³/mol. The van der Waals surface area contributed by atoms with E-state index in [0.29, 0.717) is 28.7 Å². The van der Waals surface area contributed by atoms with E-state index in [0.717, 1.165) is 0 Å². The second-order valence-corrected chi connectivity index (χ2v) is 6.58. The number of fused-ring (bicyclic) bond motifs is 1. The molecule has 1 aromatic carbocycles. The molecule has 10 heteroatoms. The van der Waals surface area contributed by atoms with E-state index in [-0.39, 0.29) is 22.5 Å². The number of carbonyl (C=O) groups is 1. The molecule has 0 unspecified atom stereocenters. The van der Waals surface area contributed by atoms with E-state index in [9.17, 15) is 13.6 Å². The number of nitrogens with one attached hydrogen (secondary N) is 2. The second kappa shape index (κ2) is 7.06. The van der Waals surface area contributed by atoms with E-state index in [1.54, 1.807) is 14.1 Å². The van der Waals surface area contributed by atoms with Crippen LogP contribution in [0.25, 0.3) is 33.5 Å². The molecule has 4 rings (SSSR count). The van der Waals surface area contributed by atoms with Crippen molar-refractivity contribution in [3.05, 3.63) is 53.4 Å². The summed E-state index contributed by atoms with van der Waals surface area (Å²) in [6.45, 7) is 0.335. The van der Waals surface area contributed by atoms with Gasteiger partial charge in [0.05, 0.1) is 28.5 Å². The first-order chi connectivity index (χ1) is 13.9. The van der Waals surface area contributed by atoms with Gasteiger partial charge in [0.1, 0.15) is 23.0 Å². The quantitative estimate of drug-likeness (QED) is 0.477. The number of carbonyl (C=O) groups excluding carboxylic acids is 1. The molecule has 0 aliphatic carbocycles. The van der Waals surface area contributed by atoms with Gasteiger partial charge in [-0.2, -0.15) is 10.2 Å². The number of halogens is 2. The second-order valence-electron chi connectivity index (χ2n) is 6.58. The van der Waals surface area contributed by atoms with Crippen LogP contribution in [-0.2, 0) is 13.6 Å². The van der Waals surface area contributed by atoms with Gasteiger partial charge in [0, 0.05) is 25.2 Å². The molecule has 3 heterocycles. The summed E-state index contributed by atoms with van der Waals surface area (Å²) in [5.74, 6) is -2.10. The molecule has 0 saturated heterocycles. The minimum atomic E-state index is -0.720. The molecule has 0 fully saturated rings. The predicted octanol–water partition coefficient (Wildman–Crippen LogP) is 2.12. The fourth-order valence-corrected chi connectivity index (χ4v) is 3.25. The van der Waals surface area contributed by atoms with Crippen LogP contribution in [0.4, 0.5) is 8.78 Å². The van der Waals surface area contributed by atoms with E-state index >= 15 is 0 Å². The van der Waals surface area contributed by atoms with E-state index in [1.807, 2.05) is 0 Å². The molecule has 4 aromatic rings. The van der Waals surface area contributed by atoms with E-state index in [2.05, 4.69) is 25.6 Å². The maximum Gasteiger partial charge on any atom is 0.252 e. The topological polar surface area (TPSA) is 115 Å². The number of pyridine rings is 1. The number of nitrogens with two attached hydrogens (primary N) is 1.